The topological polar surface area (TPSA) is 83.9 Å². The number of imide groups is 1. The fourth-order valence-electron chi connectivity index (χ4n) is 2.00. The molecule has 0 aliphatic carbocycles. The van der Waals surface area contributed by atoms with Crippen LogP contribution in [-0.4, -0.2) is 34.9 Å². The van der Waals surface area contributed by atoms with Crippen LogP contribution >= 0.6 is 0 Å². The van der Waals surface area contributed by atoms with Gasteiger partial charge in [-0.25, -0.2) is 4.79 Å². The number of ether oxygens (including phenoxy) is 1. The van der Waals surface area contributed by atoms with Gasteiger partial charge >= 0.3 is 5.97 Å². The van der Waals surface area contributed by atoms with Crippen molar-refractivity contribution >= 4 is 17.8 Å². The number of amides is 2. The molecule has 1 fully saturated rings. The van der Waals surface area contributed by atoms with Gasteiger partial charge < -0.3 is 9.84 Å². The molecule has 100 valence electrons. The maximum absolute atomic E-state index is 11.6. The molecule has 0 unspecified atom stereocenters. The lowest BCUT2D eigenvalue weighted by molar-refractivity contribution is -0.139. The lowest BCUT2D eigenvalue weighted by atomic mass is 10.1. The summed E-state index contributed by atoms with van der Waals surface area (Å²) in [6.07, 6.45) is 0.416. The van der Waals surface area contributed by atoms with Gasteiger partial charge in [0.1, 0.15) is 5.75 Å². The van der Waals surface area contributed by atoms with Crippen molar-refractivity contribution in [2.45, 2.75) is 19.4 Å². The monoisotopic (exact) mass is 263 g/mol. The van der Waals surface area contributed by atoms with E-state index in [2.05, 4.69) is 0 Å². The largest absolute Gasteiger partial charge is 0.496 e. The number of carboxylic acid groups (broad SMARTS) is 1. The maximum Gasteiger partial charge on any atom is 0.335 e. The predicted octanol–water partition coefficient (Wildman–Crippen LogP) is 1.04. The van der Waals surface area contributed by atoms with E-state index in [9.17, 15) is 14.4 Å². The molecule has 1 N–H and O–H groups in total. The number of benzene rings is 1. The quantitative estimate of drug-likeness (QED) is 0.820. The Balaban J connectivity index is 2.32. The second-order valence-corrected chi connectivity index (χ2v) is 4.21. The molecular formula is C13H13NO5. The molecule has 1 aromatic rings. The van der Waals surface area contributed by atoms with Crippen LogP contribution < -0.4 is 4.74 Å². The summed E-state index contributed by atoms with van der Waals surface area (Å²) in [4.78, 5) is 35.2. The van der Waals surface area contributed by atoms with E-state index < -0.39 is 5.97 Å². The molecule has 2 rings (SSSR count). The first kappa shape index (κ1) is 13.1. The minimum absolute atomic E-state index is 0.0436. The average molecular weight is 263 g/mol. The van der Waals surface area contributed by atoms with Gasteiger partial charge in [0.05, 0.1) is 19.2 Å². The Morgan fingerprint density at radius 3 is 2.47 bits per heavy atom. The molecule has 1 saturated heterocycles. The van der Waals surface area contributed by atoms with E-state index in [4.69, 9.17) is 9.84 Å². The number of carboxylic acids is 1. The first-order valence-corrected chi connectivity index (χ1v) is 5.76. The van der Waals surface area contributed by atoms with Crippen LogP contribution in [-0.2, 0) is 16.1 Å². The van der Waals surface area contributed by atoms with E-state index in [1.807, 2.05) is 0 Å². The van der Waals surface area contributed by atoms with E-state index >= 15 is 0 Å². The van der Waals surface area contributed by atoms with Crippen LogP contribution in [0.25, 0.3) is 0 Å². The van der Waals surface area contributed by atoms with Gasteiger partial charge in [0, 0.05) is 18.4 Å². The van der Waals surface area contributed by atoms with Crippen molar-refractivity contribution in [1.29, 1.82) is 0 Å². The summed E-state index contributed by atoms with van der Waals surface area (Å²) in [6, 6.07) is 4.35. The first-order chi connectivity index (χ1) is 9.02. The number of hydrogen-bond acceptors (Lipinski definition) is 4. The molecule has 0 atom stereocenters. The number of aromatic carboxylic acids is 1. The number of carbonyl (C=O) groups is 3. The summed E-state index contributed by atoms with van der Waals surface area (Å²) in [5.41, 5.74) is 0.598. The standard InChI is InChI=1S/C13H13NO5/c1-19-10-3-2-8(13(17)18)6-9(10)7-14-11(15)4-5-12(14)16/h2-3,6H,4-5,7H2,1H3,(H,17,18). The van der Waals surface area contributed by atoms with Crippen LogP contribution in [0.1, 0.15) is 28.8 Å². The number of likely N-dealkylation sites (tertiary alicyclic amines) is 1. The van der Waals surface area contributed by atoms with Crippen molar-refractivity contribution in [1.82, 2.24) is 4.90 Å². The van der Waals surface area contributed by atoms with Crippen molar-refractivity contribution in [3.63, 3.8) is 0 Å². The molecule has 6 heteroatoms. The lowest BCUT2D eigenvalue weighted by Crippen LogP contribution is -2.28. The molecule has 1 heterocycles. The zero-order valence-corrected chi connectivity index (χ0v) is 10.4. The van der Waals surface area contributed by atoms with Gasteiger partial charge in [-0.2, -0.15) is 0 Å². The van der Waals surface area contributed by atoms with Gasteiger partial charge in [0.25, 0.3) is 0 Å². The van der Waals surface area contributed by atoms with Crippen LogP contribution in [0.5, 0.6) is 5.75 Å². The van der Waals surface area contributed by atoms with Gasteiger partial charge in [0.2, 0.25) is 11.8 Å². The van der Waals surface area contributed by atoms with Crippen LogP contribution in [0.4, 0.5) is 0 Å². The third kappa shape index (κ3) is 2.57. The average Bonchev–Trinajstić information content (AvgIpc) is 2.70. The van der Waals surface area contributed by atoms with Crippen LogP contribution in [0.15, 0.2) is 18.2 Å². The maximum atomic E-state index is 11.6. The Bertz CT molecular complexity index is 536. The Hall–Kier alpha value is -2.37. The van der Waals surface area contributed by atoms with Gasteiger partial charge in [0.15, 0.2) is 0 Å². The SMILES string of the molecule is COc1ccc(C(=O)O)cc1CN1C(=O)CCC1=O. The molecule has 0 aromatic heterocycles. The highest BCUT2D eigenvalue weighted by atomic mass is 16.5. The number of methoxy groups -OCH3 is 1. The predicted molar refractivity (Wildman–Crippen MR) is 64.7 cm³/mol. The Labute approximate surface area is 109 Å². The van der Waals surface area contributed by atoms with Gasteiger partial charge in [-0.1, -0.05) is 0 Å². The van der Waals surface area contributed by atoms with Crippen LogP contribution in [0.2, 0.25) is 0 Å². The zero-order chi connectivity index (χ0) is 14.0. The summed E-state index contributed by atoms with van der Waals surface area (Å²) < 4.78 is 5.12. The molecule has 6 nitrogen and oxygen atoms in total. The molecule has 1 aliphatic rings. The van der Waals surface area contributed by atoms with E-state index in [1.165, 1.54) is 25.3 Å². The van der Waals surface area contributed by atoms with Crippen molar-refractivity contribution < 1.29 is 24.2 Å². The second kappa shape index (κ2) is 5.09. The highest BCUT2D eigenvalue weighted by Gasteiger charge is 2.29. The normalized spacial score (nSPS) is 14.9. The van der Waals surface area contributed by atoms with E-state index in [0.29, 0.717) is 11.3 Å². The van der Waals surface area contributed by atoms with E-state index in [0.717, 1.165) is 4.90 Å². The molecule has 0 spiro atoms. The summed E-state index contributed by atoms with van der Waals surface area (Å²) in [5, 5.41) is 8.95. The van der Waals surface area contributed by atoms with Crippen LogP contribution in [0.3, 0.4) is 0 Å². The van der Waals surface area contributed by atoms with E-state index in [-0.39, 0.29) is 36.8 Å². The minimum atomic E-state index is -1.07. The Morgan fingerprint density at radius 2 is 1.95 bits per heavy atom. The van der Waals surface area contributed by atoms with Crippen molar-refractivity contribution in [3.8, 4) is 5.75 Å². The molecule has 19 heavy (non-hydrogen) atoms. The zero-order valence-electron chi connectivity index (χ0n) is 10.4. The number of nitrogens with zero attached hydrogens (tertiary/aromatic N) is 1. The lowest BCUT2D eigenvalue weighted by Gasteiger charge is -2.16. The number of hydrogen-bond donors (Lipinski definition) is 1. The highest BCUT2D eigenvalue weighted by molar-refractivity contribution is 6.01. The molecule has 0 bridgehead atoms. The number of carbonyl (C=O) groups excluding carboxylic acids is 2. The summed E-state index contributed by atoms with van der Waals surface area (Å²) in [6.45, 7) is 0.0436. The molecule has 1 aromatic carbocycles. The van der Waals surface area contributed by atoms with Gasteiger partial charge in [-0.3, -0.25) is 14.5 Å². The summed E-state index contributed by atoms with van der Waals surface area (Å²) >= 11 is 0. The Morgan fingerprint density at radius 1 is 1.32 bits per heavy atom. The molecular weight excluding hydrogens is 250 g/mol. The Kier molecular flexibility index (Phi) is 3.50. The molecule has 2 amide bonds. The van der Waals surface area contributed by atoms with Crippen molar-refractivity contribution in [2.24, 2.45) is 0 Å². The van der Waals surface area contributed by atoms with Gasteiger partial charge in [-0.15, -0.1) is 0 Å². The third-order valence-corrected chi connectivity index (χ3v) is 3.01. The van der Waals surface area contributed by atoms with E-state index in [1.54, 1.807) is 0 Å². The van der Waals surface area contributed by atoms with Crippen LogP contribution in [0, 0.1) is 0 Å². The summed E-state index contributed by atoms with van der Waals surface area (Å²) in [5.74, 6) is -1.10. The second-order valence-electron chi connectivity index (χ2n) is 4.21. The number of rotatable bonds is 4. The van der Waals surface area contributed by atoms with Crippen molar-refractivity contribution in [2.75, 3.05) is 7.11 Å². The van der Waals surface area contributed by atoms with Gasteiger partial charge in [-0.05, 0) is 18.2 Å². The fraction of sp³-hybridized carbons (Fsp3) is 0.308. The fourth-order valence-corrected chi connectivity index (χ4v) is 2.00. The smallest absolute Gasteiger partial charge is 0.335 e. The summed E-state index contributed by atoms with van der Waals surface area (Å²) in [7, 11) is 1.45. The molecule has 0 saturated carbocycles. The molecule has 0 radical (unpaired) electrons. The highest BCUT2D eigenvalue weighted by Crippen LogP contribution is 2.24. The third-order valence-electron chi connectivity index (χ3n) is 3.01. The first-order valence-electron chi connectivity index (χ1n) is 5.76. The van der Waals surface area contributed by atoms with Crippen molar-refractivity contribution in [3.05, 3.63) is 29.3 Å². The minimum Gasteiger partial charge on any atom is -0.496 e. The molecule has 1 aliphatic heterocycles.